The monoisotopic (exact) mass is 342 g/mol. The van der Waals surface area contributed by atoms with Crippen LogP contribution in [0.1, 0.15) is 28.0 Å². The Bertz CT molecular complexity index is 959. The van der Waals surface area contributed by atoms with E-state index in [9.17, 15) is 13.6 Å². The molecular formula is C18H16F2N4O. The SMILES string of the molecule is NC(=O)c1nnc2c(CCCc3ccc(F)c(F)c3)cccc2c1N. The lowest BCUT2D eigenvalue weighted by atomic mass is 10.0. The first-order valence-electron chi connectivity index (χ1n) is 7.75. The molecule has 0 saturated carbocycles. The van der Waals surface area contributed by atoms with Crippen molar-refractivity contribution in [2.45, 2.75) is 19.3 Å². The van der Waals surface area contributed by atoms with E-state index < -0.39 is 17.5 Å². The van der Waals surface area contributed by atoms with Crippen LogP contribution in [0.25, 0.3) is 10.9 Å². The maximum atomic E-state index is 13.2. The third-order valence-corrected chi connectivity index (χ3v) is 4.04. The van der Waals surface area contributed by atoms with Crippen LogP contribution in [0.4, 0.5) is 14.5 Å². The summed E-state index contributed by atoms with van der Waals surface area (Å²) >= 11 is 0. The average molecular weight is 342 g/mol. The second-order valence-electron chi connectivity index (χ2n) is 5.74. The fraction of sp³-hybridized carbons (Fsp3) is 0.167. The first-order valence-corrected chi connectivity index (χ1v) is 7.75. The Labute approximate surface area is 142 Å². The molecule has 2 aromatic carbocycles. The maximum Gasteiger partial charge on any atom is 0.271 e. The molecule has 0 unspecified atom stereocenters. The molecule has 5 nitrogen and oxygen atoms in total. The number of rotatable bonds is 5. The van der Waals surface area contributed by atoms with Gasteiger partial charge < -0.3 is 11.5 Å². The molecule has 1 heterocycles. The zero-order chi connectivity index (χ0) is 18.0. The Hall–Kier alpha value is -3.09. The molecule has 7 heteroatoms. The molecule has 0 aliphatic rings. The number of carbonyl (C=O) groups excluding carboxylic acids is 1. The molecule has 0 spiro atoms. The maximum absolute atomic E-state index is 13.2. The van der Waals surface area contributed by atoms with Crippen molar-refractivity contribution in [3.63, 3.8) is 0 Å². The van der Waals surface area contributed by atoms with Crippen LogP contribution >= 0.6 is 0 Å². The van der Waals surface area contributed by atoms with Crippen LogP contribution in [-0.4, -0.2) is 16.1 Å². The Morgan fingerprint density at radius 1 is 1.04 bits per heavy atom. The number of nitrogens with two attached hydrogens (primary N) is 2. The first kappa shape index (κ1) is 16.8. The fourth-order valence-electron chi connectivity index (χ4n) is 2.77. The van der Waals surface area contributed by atoms with Crippen molar-refractivity contribution in [2.24, 2.45) is 5.73 Å². The Kier molecular flexibility index (Phi) is 4.56. The number of fused-ring (bicyclic) bond motifs is 1. The summed E-state index contributed by atoms with van der Waals surface area (Å²) in [7, 11) is 0. The van der Waals surface area contributed by atoms with Crippen molar-refractivity contribution in [3.8, 4) is 0 Å². The highest BCUT2D eigenvalue weighted by atomic mass is 19.2. The van der Waals surface area contributed by atoms with E-state index in [1.807, 2.05) is 12.1 Å². The lowest BCUT2D eigenvalue weighted by Crippen LogP contribution is -2.17. The molecule has 3 rings (SSSR count). The number of aryl methyl sites for hydroxylation is 2. The minimum atomic E-state index is -0.853. The van der Waals surface area contributed by atoms with Crippen molar-refractivity contribution in [3.05, 3.63) is 64.9 Å². The van der Waals surface area contributed by atoms with Crippen LogP contribution in [0.15, 0.2) is 36.4 Å². The third-order valence-electron chi connectivity index (χ3n) is 4.04. The minimum absolute atomic E-state index is 0.0496. The van der Waals surface area contributed by atoms with E-state index in [0.717, 1.165) is 17.2 Å². The zero-order valence-corrected chi connectivity index (χ0v) is 13.3. The number of amides is 1. The van der Waals surface area contributed by atoms with E-state index in [4.69, 9.17) is 11.5 Å². The van der Waals surface area contributed by atoms with Gasteiger partial charge in [0.05, 0.1) is 11.2 Å². The van der Waals surface area contributed by atoms with Crippen molar-refractivity contribution in [1.29, 1.82) is 0 Å². The van der Waals surface area contributed by atoms with Gasteiger partial charge in [-0.25, -0.2) is 8.78 Å². The van der Waals surface area contributed by atoms with Gasteiger partial charge in [-0.3, -0.25) is 4.79 Å². The molecule has 25 heavy (non-hydrogen) atoms. The van der Waals surface area contributed by atoms with Gasteiger partial charge in [0.25, 0.3) is 5.91 Å². The molecule has 0 bridgehead atoms. The van der Waals surface area contributed by atoms with E-state index >= 15 is 0 Å². The molecule has 0 aliphatic carbocycles. The van der Waals surface area contributed by atoms with E-state index in [1.54, 1.807) is 12.1 Å². The van der Waals surface area contributed by atoms with Crippen LogP contribution in [0, 0.1) is 11.6 Å². The van der Waals surface area contributed by atoms with Gasteiger partial charge in [-0.05, 0) is 42.5 Å². The number of nitrogen functional groups attached to an aromatic ring is 1. The summed E-state index contributed by atoms with van der Waals surface area (Å²) in [5.74, 6) is -2.43. The standard InChI is InChI=1S/C18H16F2N4O/c19-13-8-7-10(9-14(13)20)3-1-4-11-5-2-6-12-15(21)17(18(22)25)24-23-16(11)12/h2,5-9H,1,3-4H2,(H2,21,23)(H2,22,25). The van der Waals surface area contributed by atoms with Gasteiger partial charge in [-0.1, -0.05) is 24.3 Å². The van der Waals surface area contributed by atoms with Gasteiger partial charge in [-0.15, -0.1) is 10.2 Å². The van der Waals surface area contributed by atoms with Gasteiger partial charge in [0.15, 0.2) is 17.3 Å². The molecule has 0 atom stereocenters. The Morgan fingerprint density at radius 3 is 2.56 bits per heavy atom. The number of benzene rings is 2. The molecule has 3 aromatic rings. The third kappa shape index (κ3) is 3.40. The fourth-order valence-corrected chi connectivity index (χ4v) is 2.77. The van der Waals surface area contributed by atoms with Gasteiger partial charge in [0.2, 0.25) is 0 Å². The zero-order valence-electron chi connectivity index (χ0n) is 13.3. The van der Waals surface area contributed by atoms with Crippen LogP contribution in [-0.2, 0) is 12.8 Å². The molecule has 0 saturated heterocycles. The summed E-state index contributed by atoms with van der Waals surface area (Å²) < 4.78 is 26.2. The van der Waals surface area contributed by atoms with Crippen LogP contribution in [0.3, 0.4) is 0 Å². The predicted molar refractivity (Wildman–Crippen MR) is 90.9 cm³/mol. The van der Waals surface area contributed by atoms with E-state index in [0.29, 0.717) is 30.2 Å². The van der Waals surface area contributed by atoms with Crippen molar-refractivity contribution in [1.82, 2.24) is 10.2 Å². The van der Waals surface area contributed by atoms with Gasteiger partial charge in [-0.2, -0.15) is 0 Å². The topological polar surface area (TPSA) is 94.9 Å². The van der Waals surface area contributed by atoms with Gasteiger partial charge >= 0.3 is 0 Å². The number of aromatic nitrogens is 2. The largest absolute Gasteiger partial charge is 0.396 e. The first-order chi connectivity index (χ1) is 12.0. The number of halogens is 2. The number of primary amides is 1. The summed E-state index contributed by atoms with van der Waals surface area (Å²) in [6, 6.07) is 9.36. The molecule has 128 valence electrons. The Balaban J connectivity index is 1.80. The second kappa shape index (κ2) is 6.80. The molecule has 1 amide bonds. The highest BCUT2D eigenvalue weighted by Crippen LogP contribution is 2.25. The summed E-state index contributed by atoms with van der Waals surface area (Å²) in [5, 5.41) is 8.51. The summed E-state index contributed by atoms with van der Waals surface area (Å²) in [6.45, 7) is 0. The van der Waals surface area contributed by atoms with Crippen molar-refractivity contribution < 1.29 is 13.6 Å². The van der Waals surface area contributed by atoms with Gasteiger partial charge in [0, 0.05) is 5.39 Å². The molecule has 0 aliphatic heterocycles. The van der Waals surface area contributed by atoms with Crippen molar-refractivity contribution in [2.75, 3.05) is 5.73 Å². The van der Waals surface area contributed by atoms with Crippen LogP contribution in [0.5, 0.6) is 0 Å². The van der Waals surface area contributed by atoms with E-state index in [1.165, 1.54) is 6.07 Å². The lowest BCUT2D eigenvalue weighted by Gasteiger charge is -2.09. The minimum Gasteiger partial charge on any atom is -0.396 e. The van der Waals surface area contributed by atoms with Gasteiger partial charge in [0.1, 0.15) is 0 Å². The quantitative estimate of drug-likeness (QED) is 0.745. The van der Waals surface area contributed by atoms with Crippen LogP contribution in [0.2, 0.25) is 0 Å². The normalized spacial score (nSPS) is 11.0. The smallest absolute Gasteiger partial charge is 0.271 e. The number of hydrogen-bond acceptors (Lipinski definition) is 4. The summed E-state index contributed by atoms with van der Waals surface area (Å²) in [6.07, 6.45) is 1.96. The molecule has 1 aromatic heterocycles. The van der Waals surface area contributed by atoms with E-state index in [-0.39, 0.29) is 11.4 Å². The lowest BCUT2D eigenvalue weighted by molar-refractivity contribution is 0.0996. The molecule has 4 N–H and O–H groups in total. The highest BCUT2D eigenvalue weighted by molar-refractivity contribution is 6.04. The second-order valence-corrected chi connectivity index (χ2v) is 5.74. The average Bonchev–Trinajstić information content (AvgIpc) is 2.58. The van der Waals surface area contributed by atoms with E-state index in [2.05, 4.69) is 10.2 Å². The number of nitrogens with zero attached hydrogens (tertiary/aromatic N) is 2. The summed E-state index contributed by atoms with van der Waals surface area (Å²) in [5.41, 5.74) is 13.6. The van der Waals surface area contributed by atoms with Crippen molar-refractivity contribution >= 4 is 22.5 Å². The Morgan fingerprint density at radius 2 is 1.84 bits per heavy atom. The highest BCUT2D eigenvalue weighted by Gasteiger charge is 2.14. The number of carbonyl (C=O) groups is 1. The molecule has 0 radical (unpaired) electrons. The predicted octanol–water partition coefficient (Wildman–Crippen LogP) is 2.76. The number of hydrogen-bond donors (Lipinski definition) is 2. The summed E-state index contributed by atoms with van der Waals surface area (Å²) in [4.78, 5) is 11.3. The molecular weight excluding hydrogens is 326 g/mol. The van der Waals surface area contributed by atoms with Crippen LogP contribution < -0.4 is 11.5 Å². The number of anilines is 1. The molecule has 0 fully saturated rings.